The first-order chi connectivity index (χ1) is 10.9. The van der Waals surface area contributed by atoms with E-state index in [9.17, 15) is 13.2 Å². The van der Waals surface area contributed by atoms with Crippen LogP contribution >= 0.6 is 24.2 Å². The highest BCUT2D eigenvalue weighted by Crippen LogP contribution is 2.24. The number of H-pyrrole nitrogens is 1. The molecule has 2 heterocycles. The van der Waals surface area contributed by atoms with Crippen LogP contribution in [0.5, 0.6) is 0 Å². The number of hydrogen-bond donors (Lipinski definition) is 2. The summed E-state index contributed by atoms with van der Waals surface area (Å²) in [6, 6.07) is 7.71. The molecule has 0 fully saturated rings. The van der Waals surface area contributed by atoms with Gasteiger partial charge in [0.2, 0.25) is 9.84 Å². The number of rotatable bonds is 3. The number of thiol groups is 1. The molecule has 0 saturated carbocycles. The van der Waals surface area contributed by atoms with E-state index in [2.05, 4.69) is 22.7 Å². The molecule has 2 aromatic heterocycles. The van der Waals surface area contributed by atoms with Gasteiger partial charge in [-0.05, 0) is 19.1 Å². The average molecular weight is 370 g/mol. The van der Waals surface area contributed by atoms with Crippen molar-refractivity contribution in [3.05, 3.63) is 52.1 Å². The number of aryl methyl sites for hydroxylation is 1. The van der Waals surface area contributed by atoms with E-state index in [1.807, 2.05) is 0 Å². The molecule has 0 saturated heterocycles. The van der Waals surface area contributed by atoms with Gasteiger partial charge in [-0.2, -0.15) is 4.52 Å². The zero-order valence-corrected chi connectivity index (χ0v) is 14.4. The highest BCUT2D eigenvalue weighted by molar-refractivity contribution is 7.91. The van der Waals surface area contributed by atoms with Crippen molar-refractivity contribution >= 4 is 39.7 Å². The molecule has 23 heavy (non-hydrogen) atoms. The summed E-state index contributed by atoms with van der Waals surface area (Å²) in [4.78, 5) is 17.0. The second-order valence-corrected chi connectivity index (χ2v) is 7.49. The molecule has 0 bridgehead atoms. The van der Waals surface area contributed by atoms with E-state index in [0.717, 1.165) is 4.52 Å². The minimum Gasteiger partial charge on any atom is -0.293 e. The third-order valence-corrected chi connectivity index (χ3v) is 6.04. The number of alkyl halides is 1. The van der Waals surface area contributed by atoms with Crippen molar-refractivity contribution in [3.8, 4) is 0 Å². The lowest BCUT2D eigenvalue weighted by molar-refractivity contribution is 0.592. The fourth-order valence-corrected chi connectivity index (χ4v) is 4.25. The molecule has 6 nitrogen and oxygen atoms in total. The summed E-state index contributed by atoms with van der Waals surface area (Å²) in [6.07, 6.45) is 0. The van der Waals surface area contributed by atoms with Crippen molar-refractivity contribution in [2.24, 2.45) is 0 Å². The zero-order valence-electron chi connectivity index (χ0n) is 11.9. The lowest BCUT2D eigenvalue weighted by Gasteiger charge is -2.08. The Kier molecular flexibility index (Phi) is 3.99. The summed E-state index contributed by atoms with van der Waals surface area (Å²) < 4.78 is 26.7. The van der Waals surface area contributed by atoms with Crippen molar-refractivity contribution in [2.75, 3.05) is 0 Å². The molecule has 1 aromatic carbocycles. The lowest BCUT2D eigenvalue weighted by Crippen LogP contribution is -2.26. The molecule has 0 radical (unpaired) electrons. The van der Waals surface area contributed by atoms with Gasteiger partial charge in [-0.25, -0.2) is 13.4 Å². The van der Waals surface area contributed by atoms with Gasteiger partial charge in [-0.15, -0.1) is 24.2 Å². The first-order valence-corrected chi connectivity index (χ1v) is 9.03. The zero-order chi connectivity index (χ0) is 16.8. The molecule has 0 spiro atoms. The quantitative estimate of drug-likeness (QED) is 0.547. The molecule has 3 aromatic rings. The van der Waals surface area contributed by atoms with Crippen LogP contribution in [0.15, 0.2) is 49.8 Å². The van der Waals surface area contributed by atoms with Crippen LogP contribution in [-0.2, 0) is 15.7 Å². The number of nitrogens with one attached hydrogen (secondary N) is 1. The lowest BCUT2D eigenvalue weighted by atomic mass is 10.4. The van der Waals surface area contributed by atoms with Crippen molar-refractivity contribution < 1.29 is 8.42 Å². The maximum Gasteiger partial charge on any atom is 0.292 e. The number of hydrogen-bond acceptors (Lipinski definition) is 5. The number of sulfone groups is 1. The number of fused-ring (bicyclic) bond motifs is 1. The molecule has 0 aliphatic heterocycles. The number of benzene rings is 1. The van der Waals surface area contributed by atoms with Gasteiger partial charge in [0.1, 0.15) is 0 Å². The monoisotopic (exact) mass is 369 g/mol. The molecular formula is C14H12ClN3O3S2. The van der Waals surface area contributed by atoms with Crippen molar-refractivity contribution in [1.82, 2.24) is 14.6 Å². The van der Waals surface area contributed by atoms with Gasteiger partial charge >= 0.3 is 0 Å². The number of nitrogens with zero attached hydrogens (tertiary/aromatic N) is 2. The SMILES string of the molecule is Cc1[nH]n2c(=O)c(S(=O)(=O)c3ccccc3)c(CCl)nc2c1S. The molecule has 0 unspecified atom stereocenters. The number of halogens is 1. The molecular weight excluding hydrogens is 358 g/mol. The second kappa shape index (κ2) is 5.70. The summed E-state index contributed by atoms with van der Waals surface area (Å²) in [5.74, 6) is -0.204. The molecule has 1 N–H and O–H groups in total. The summed E-state index contributed by atoms with van der Waals surface area (Å²) in [7, 11) is -4.03. The first-order valence-electron chi connectivity index (χ1n) is 6.57. The Balaban J connectivity index is 2.42. The van der Waals surface area contributed by atoms with E-state index in [-0.39, 0.29) is 22.1 Å². The van der Waals surface area contributed by atoms with Crippen LogP contribution in [0.2, 0.25) is 0 Å². The molecule has 0 atom stereocenters. The minimum atomic E-state index is -4.03. The van der Waals surface area contributed by atoms with Gasteiger partial charge in [-0.3, -0.25) is 9.89 Å². The summed E-state index contributed by atoms with van der Waals surface area (Å²) >= 11 is 10.1. The topological polar surface area (TPSA) is 84.3 Å². The predicted octanol–water partition coefficient (Wildman–Crippen LogP) is 2.19. The molecule has 0 aliphatic rings. The molecule has 3 rings (SSSR count). The minimum absolute atomic E-state index is 0.00909. The van der Waals surface area contributed by atoms with Gasteiger partial charge in [0, 0.05) is 5.69 Å². The van der Waals surface area contributed by atoms with Gasteiger partial charge in [-0.1, -0.05) is 18.2 Å². The fraction of sp³-hybridized carbons (Fsp3) is 0.143. The Bertz CT molecular complexity index is 1060. The van der Waals surface area contributed by atoms with Crippen LogP contribution in [0.4, 0.5) is 0 Å². The normalized spacial score (nSPS) is 12.0. The van der Waals surface area contributed by atoms with E-state index in [4.69, 9.17) is 11.6 Å². The van der Waals surface area contributed by atoms with E-state index in [1.54, 1.807) is 25.1 Å². The molecule has 0 aliphatic carbocycles. The van der Waals surface area contributed by atoms with E-state index >= 15 is 0 Å². The highest BCUT2D eigenvalue weighted by Gasteiger charge is 2.28. The number of aromatic nitrogens is 3. The average Bonchev–Trinajstić information content (AvgIpc) is 2.83. The summed E-state index contributed by atoms with van der Waals surface area (Å²) in [5.41, 5.74) is 0.138. The van der Waals surface area contributed by atoms with Crippen LogP contribution in [-0.4, -0.2) is 23.0 Å². The van der Waals surface area contributed by atoms with Gasteiger partial charge in [0.15, 0.2) is 10.5 Å². The Morgan fingerprint density at radius 1 is 1.30 bits per heavy atom. The highest BCUT2D eigenvalue weighted by atomic mass is 35.5. The smallest absolute Gasteiger partial charge is 0.292 e. The largest absolute Gasteiger partial charge is 0.293 e. The summed E-state index contributed by atoms with van der Waals surface area (Å²) in [5, 5.41) is 2.77. The molecule has 0 amide bonds. The maximum absolute atomic E-state index is 12.8. The van der Waals surface area contributed by atoms with Crippen LogP contribution in [0.1, 0.15) is 11.4 Å². The van der Waals surface area contributed by atoms with Crippen LogP contribution < -0.4 is 5.56 Å². The van der Waals surface area contributed by atoms with Gasteiger partial charge in [0.25, 0.3) is 5.56 Å². The van der Waals surface area contributed by atoms with Crippen molar-refractivity contribution in [3.63, 3.8) is 0 Å². The van der Waals surface area contributed by atoms with E-state index < -0.39 is 20.3 Å². The van der Waals surface area contributed by atoms with E-state index in [1.165, 1.54) is 12.1 Å². The van der Waals surface area contributed by atoms with Crippen molar-refractivity contribution in [1.29, 1.82) is 0 Å². The van der Waals surface area contributed by atoms with Crippen molar-refractivity contribution in [2.45, 2.75) is 27.5 Å². The standard InChI is InChI=1S/C14H12ClN3O3S2/c1-8-11(22)13-16-10(7-15)12(14(19)18(13)17-8)23(20,21)9-5-3-2-4-6-9/h2-6,17,22H,7H2,1H3. The Hall–Kier alpha value is -1.77. The fourth-order valence-electron chi connectivity index (χ4n) is 2.28. The van der Waals surface area contributed by atoms with Crippen LogP contribution in [0, 0.1) is 6.92 Å². The van der Waals surface area contributed by atoms with E-state index in [0.29, 0.717) is 10.6 Å². The Labute approximate surface area is 142 Å². The van der Waals surface area contributed by atoms with Gasteiger partial charge < -0.3 is 0 Å². The molecule has 120 valence electrons. The third kappa shape index (κ3) is 2.46. The molecule has 9 heteroatoms. The second-order valence-electron chi connectivity index (χ2n) is 4.89. The predicted molar refractivity (Wildman–Crippen MR) is 89.3 cm³/mol. The summed E-state index contributed by atoms with van der Waals surface area (Å²) in [6.45, 7) is 1.71. The maximum atomic E-state index is 12.8. The van der Waals surface area contributed by atoms with Gasteiger partial charge in [0.05, 0.1) is 21.4 Å². The Morgan fingerprint density at radius 2 is 1.96 bits per heavy atom. The first kappa shape index (κ1) is 16.1. The number of aromatic amines is 1. The van der Waals surface area contributed by atoms with Crippen LogP contribution in [0.25, 0.3) is 5.65 Å². The van der Waals surface area contributed by atoms with Crippen LogP contribution in [0.3, 0.4) is 0 Å². The Morgan fingerprint density at radius 3 is 2.57 bits per heavy atom. The third-order valence-electron chi connectivity index (χ3n) is 3.41.